The predicted molar refractivity (Wildman–Crippen MR) is 113 cm³/mol. The summed E-state index contributed by atoms with van der Waals surface area (Å²) in [6.45, 7) is 7.13. The van der Waals surface area contributed by atoms with Gasteiger partial charge in [-0.05, 0) is 30.8 Å². The third-order valence-corrected chi connectivity index (χ3v) is 6.03. The fraction of sp³-hybridized carbons (Fsp3) is 0.588. The van der Waals surface area contributed by atoms with Gasteiger partial charge in [-0.2, -0.15) is 0 Å². The summed E-state index contributed by atoms with van der Waals surface area (Å²) in [6, 6.07) is 2.11. The maximum atomic E-state index is 11.8. The quantitative estimate of drug-likeness (QED) is 0.225. The standard InChI is InChI=1S/C17H27N5O4S2/c1-12(2)15(23)13(3)20-17(24)19-8-9-21(4)10-11-27-28-16-14(22(25)26)6-5-7-18-16/h5-7,12-13H,8-11H2,1-4H3,(H2,19,20,24)/t13-/m1/s1. The molecular formula is C17H27N5O4S2. The zero-order chi connectivity index (χ0) is 21.1. The van der Waals surface area contributed by atoms with Crippen LogP contribution in [0.5, 0.6) is 0 Å². The highest BCUT2D eigenvalue weighted by Crippen LogP contribution is 2.35. The highest BCUT2D eigenvalue weighted by molar-refractivity contribution is 8.76. The summed E-state index contributed by atoms with van der Waals surface area (Å²) in [6.07, 6.45) is 1.54. The summed E-state index contributed by atoms with van der Waals surface area (Å²) in [4.78, 5) is 40.2. The van der Waals surface area contributed by atoms with E-state index in [0.29, 0.717) is 18.1 Å². The Hall–Kier alpha value is -1.85. The van der Waals surface area contributed by atoms with Gasteiger partial charge < -0.3 is 15.5 Å². The van der Waals surface area contributed by atoms with Crippen LogP contribution in [0, 0.1) is 16.0 Å². The molecule has 0 saturated carbocycles. The first-order chi connectivity index (χ1) is 13.2. The van der Waals surface area contributed by atoms with E-state index in [-0.39, 0.29) is 23.4 Å². The van der Waals surface area contributed by atoms with Crippen LogP contribution >= 0.6 is 21.6 Å². The van der Waals surface area contributed by atoms with E-state index >= 15 is 0 Å². The number of likely N-dealkylation sites (N-methyl/N-ethyl adjacent to an activating group) is 1. The molecule has 0 radical (unpaired) electrons. The Balaban J connectivity index is 2.21. The number of urea groups is 1. The Morgan fingerprint density at radius 3 is 2.68 bits per heavy atom. The van der Waals surface area contributed by atoms with Crippen molar-refractivity contribution < 1.29 is 14.5 Å². The Morgan fingerprint density at radius 2 is 2.04 bits per heavy atom. The van der Waals surface area contributed by atoms with Crippen LogP contribution in [0.15, 0.2) is 23.4 Å². The van der Waals surface area contributed by atoms with Gasteiger partial charge in [0, 0.05) is 43.6 Å². The largest absolute Gasteiger partial charge is 0.337 e. The van der Waals surface area contributed by atoms with Crippen molar-refractivity contribution in [2.24, 2.45) is 5.92 Å². The van der Waals surface area contributed by atoms with E-state index in [9.17, 15) is 19.7 Å². The van der Waals surface area contributed by atoms with E-state index in [1.54, 1.807) is 26.8 Å². The fourth-order valence-electron chi connectivity index (χ4n) is 2.17. The molecule has 156 valence electrons. The van der Waals surface area contributed by atoms with Crippen LogP contribution in [0.3, 0.4) is 0 Å². The average molecular weight is 430 g/mol. The molecule has 0 aliphatic rings. The number of carbonyl (C=O) groups excluding carboxylic acids is 2. The smallest absolute Gasteiger partial charge is 0.315 e. The fourth-order valence-corrected chi connectivity index (χ4v) is 4.27. The van der Waals surface area contributed by atoms with Gasteiger partial charge in [0.15, 0.2) is 10.8 Å². The molecule has 0 saturated heterocycles. The highest BCUT2D eigenvalue weighted by atomic mass is 33.1. The van der Waals surface area contributed by atoms with Gasteiger partial charge in [-0.25, -0.2) is 9.78 Å². The van der Waals surface area contributed by atoms with Gasteiger partial charge in [0.05, 0.1) is 11.0 Å². The first-order valence-corrected chi connectivity index (χ1v) is 11.2. The van der Waals surface area contributed by atoms with Crippen molar-refractivity contribution in [3.05, 3.63) is 28.4 Å². The lowest BCUT2D eigenvalue weighted by atomic mass is 10.0. The first kappa shape index (κ1) is 24.2. The molecule has 1 heterocycles. The molecule has 0 spiro atoms. The average Bonchev–Trinajstić information content (AvgIpc) is 2.64. The molecule has 9 nitrogen and oxygen atoms in total. The normalized spacial score (nSPS) is 12.1. The van der Waals surface area contributed by atoms with Crippen LogP contribution in [0.2, 0.25) is 0 Å². The van der Waals surface area contributed by atoms with Gasteiger partial charge >= 0.3 is 11.7 Å². The Bertz CT molecular complexity index is 675. The molecule has 1 atom stereocenters. The molecule has 0 fully saturated rings. The predicted octanol–water partition coefficient (Wildman–Crippen LogP) is 2.57. The van der Waals surface area contributed by atoms with E-state index in [1.807, 2.05) is 11.9 Å². The summed E-state index contributed by atoms with van der Waals surface area (Å²) < 4.78 is 0. The first-order valence-electron chi connectivity index (χ1n) is 8.87. The number of nitrogens with one attached hydrogen (secondary N) is 2. The van der Waals surface area contributed by atoms with Crippen LogP contribution in [0.1, 0.15) is 20.8 Å². The zero-order valence-corrected chi connectivity index (χ0v) is 18.1. The van der Waals surface area contributed by atoms with Gasteiger partial charge in [-0.15, -0.1) is 0 Å². The van der Waals surface area contributed by atoms with Crippen molar-refractivity contribution in [2.45, 2.75) is 31.8 Å². The molecule has 1 aromatic rings. The van der Waals surface area contributed by atoms with Crippen molar-refractivity contribution in [1.29, 1.82) is 0 Å². The van der Waals surface area contributed by atoms with Gasteiger partial charge in [0.2, 0.25) is 0 Å². The number of carbonyl (C=O) groups is 2. The second-order valence-electron chi connectivity index (χ2n) is 6.47. The molecule has 28 heavy (non-hydrogen) atoms. The van der Waals surface area contributed by atoms with Crippen molar-refractivity contribution in [1.82, 2.24) is 20.5 Å². The van der Waals surface area contributed by atoms with Crippen LogP contribution in [0.4, 0.5) is 10.5 Å². The molecule has 0 aromatic carbocycles. The van der Waals surface area contributed by atoms with E-state index in [2.05, 4.69) is 15.6 Å². The number of rotatable bonds is 12. The SMILES string of the molecule is CC(C)C(=O)[C@@H](C)NC(=O)NCCN(C)CCSSc1ncccc1[N+](=O)[O-]. The zero-order valence-electron chi connectivity index (χ0n) is 16.5. The minimum Gasteiger partial charge on any atom is -0.337 e. The molecular weight excluding hydrogens is 402 g/mol. The molecule has 2 N–H and O–H groups in total. The molecule has 0 unspecified atom stereocenters. The second kappa shape index (κ2) is 12.6. The molecule has 0 aliphatic heterocycles. The van der Waals surface area contributed by atoms with Crippen LogP contribution in [-0.2, 0) is 4.79 Å². The van der Waals surface area contributed by atoms with Crippen LogP contribution in [-0.4, -0.2) is 65.1 Å². The summed E-state index contributed by atoms with van der Waals surface area (Å²) in [5.41, 5.74) is 0.00810. The maximum Gasteiger partial charge on any atom is 0.315 e. The van der Waals surface area contributed by atoms with E-state index in [1.165, 1.54) is 33.9 Å². The lowest BCUT2D eigenvalue weighted by Crippen LogP contribution is -2.47. The van der Waals surface area contributed by atoms with Crippen molar-refractivity contribution in [2.75, 3.05) is 32.4 Å². The Labute approximate surface area is 173 Å². The topological polar surface area (TPSA) is 117 Å². The van der Waals surface area contributed by atoms with E-state index in [4.69, 9.17) is 0 Å². The number of amides is 2. The summed E-state index contributed by atoms with van der Waals surface area (Å²) >= 11 is 0. The molecule has 0 bridgehead atoms. The van der Waals surface area contributed by atoms with Gasteiger partial charge in [0.25, 0.3) is 0 Å². The maximum absolute atomic E-state index is 11.8. The van der Waals surface area contributed by atoms with E-state index < -0.39 is 11.0 Å². The molecule has 0 aliphatic carbocycles. The summed E-state index contributed by atoms with van der Waals surface area (Å²) in [7, 11) is 4.70. The van der Waals surface area contributed by atoms with Crippen LogP contribution in [0.25, 0.3) is 0 Å². The molecule has 11 heteroatoms. The van der Waals surface area contributed by atoms with E-state index in [0.717, 1.165) is 12.3 Å². The number of hydrogen-bond donors (Lipinski definition) is 2. The number of nitro groups is 1. The third-order valence-electron chi connectivity index (χ3n) is 3.76. The summed E-state index contributed by atoms with van der Waals surface area (Å²) in [5.74, 6) is 0.625. The van der Waals surface area contributed by atoms with Gasteiger partial charge in [-0.1, -0.05) is 24.6 Å². The lowest BCUT2D eigenvalue weighted by Gasteiger charge is -2.18. The number of hydrogen-bond acceptors (Lipinski definition) is 8. The number of Topliss-reactive ketones (excluding diaryl/α,β-unsaturated/α-hetero) is 1. The second-order valence-corrected chi connectivity index (χ2v) is 8.88. The third kappa shape index (κ3) is 8.89. The number of nitrogens with zero attached hydrogens (tertiary/aromatic N) is 3. The van der Waals surface area contributed by atoms with Crippen molar-refractivity contribution in [3.8, 4) is 0 Å². The number of aromatic nitrogens is 1. The number of pyridine rings is 1. The highest BCUT2D eigenvalue weighted by Gasteiger charge is 2.18. The summed E-state index contributed by atoms with van der Waals surface area (Å²) in [5, 5.41) is 16.7. The molecule has 1 aromatic heterocycles. The Kier molecular flexibility index (Phi) is 10.9. The van der Waals surface area contributed by atoms with Crippen LogP contribution < -0.4 is 10.6 Å². The van der Waals surface area contributed by atoms with Crippen molar-refractivity contribution >= 4 is 39.1 Å². The van der Waals surface area contributed by atoms with Gasteiger partial charge in [-0.3, -0.25) is 14.9 Å². The minimum absolute atomic E-state index is 0.00469. The van der Waals surface area contributed by atoms with Crippen molar-refractivity contribution in [3.63, 3.8) is 0 Å². The minimum atomic E-state index is -0.512. The van der Waals surface area contributed by atoms with Gasteiger partial charge in [0.1, 0.15) is 0 Å². The monoisotopic (exact) mass is 429 g/mol. The number of ketones is 1. The molecule has 2 amide bonds. The molecule has 1 rings (SSSR count). The lowest BCUT2D eigenvalue weighted by molar-refractivity contribution is -0.388. The Morgan fingerprint density at radius 1 is 1.32 bits per heavy atom.